The van der Waals surface area contributed by atoms with Crippen LogP contribution in [0.2, 0.25) is 0 Å². The lowest BCUT2D eigenvalue weighted by Crippen LogP contribution is -2.54. The lowest BCUT2D eigenvalue weighted by atomic mass is 9.96. The van der Waals surface area contributed by atoms with Crippen LogP contribution in [-0.2, 0) is 9.59 Å². The first-order chi connectivity index (χ1) is 9.91. The number of piperazine rings is 1. The van der Waals surface area contributed by atoms with Gasteiger partial charge >= 0.3 is 6.03 Å². The molecule has 0 aromatic heterocycles. The Morgan fingerprint density at radius 1 is 1.38 bits per heavy atom. The largest absolute Gasteiger partial charge is 0.338 e. The first kappa shape index (κ1) is 14.3. The minimum atomic E-state index is -0.811. The molecular weight excluding hydrogens is 272 g/mol. The van der Waals surface area contributed by atoms with Crippen LogP contribution in [0.3, 0.4) is 0 Å². The molecule has 0 bridgehead atoms. The molecule has 7 nitrogen and oxygen atoms in total. The Hall–Kier alpha value is -1.63. The molecule has 0 radical (unpaired) electrons. The van der Waals surface area contributed by atoms with Gasteiger partial charge < -0.3 is 15.5 Å². The van der Waals surface area contributed by atoms with Gasteiger partial charge in [-0.3, -0.25) is 14.5 Å². The molecule has 0 aromatic carbocycles. The Morgan fingerprint density at radius 3 is 2.71 bits per heavy atom. The van der Waals surface area contributed by atoms with E-state index in [4.69, 9.17) is 0 Å². The van der Waals surface area contributed by atoms with Gasteiger partial charge in [0.2, 0.25) is 5.91 Å². The fourth-order valence-electron chi connectivity index (χ4n) is 3.19. The molecule has 7 heteroatoms. The molecule has 2 atom stereocenters. The van der Waals surface area contributed by atoms with Crippen LogP contribution >= 0.6 is 0 Å². The van der Waals surface area contributed by atoms with E-state index >= 15 is 0 Å². The molecular formula is C14H22N4O3. The zero-order valence-electron chi connectivity index (χ0n) is 12.5. The number of hydrogen-bond acceptors (Lipinski definition) is 4. The number of carbonyl (C=O) groups excluding carboxylic acids is 3. The molecule has 1 aliphatic carbocycles. The van der Waals surface area contributed by atoms with Crippen LogP contribution in [0.1, 0.15) is 26.7 Å². The normalized spacial score (nSPS) is 33.3. The van der Waals surface area contributed by atoms with Crippen LogP contribution in [0.5, 0.6) is 0 Å². The van der Waals surface area contributed by atoms with E-state index < -0.39 is 11.6 Å². The van der Waals surface area contributed by atoms with Crippen LogP contribution in [0.15, 0.2) is 0 Å². The predicted octanol–water partition coefficient (Wildman–Crippen LogP) is -0.473. The Kier molecular flexibility index (Phi) is 3.39. The second kappa shape index (κ2) is 4.98. The lowest BCUT2D eigenvalue weighted by molar-refractivity contribution is -0.139. The van der Waals surface area contributed by atoms with Gasteiger partial charge in [0, 0.05) is 25.7 Å². The number of urea groups is 1. The molecule has 1 saturated carbocycles. The summed E-state index contributed by atoms with van der Waals surface area (Å²) in [6.07, 6.45) is 1.92. The predicted molar refractivity (Wildman–Crippen MR) is 75.4 cm³/mol. The van der Waals surface area contributed by atoms with Crippen molar-refractivity contribution in [1.82, 2.24) is 20.4 Å². The third kappa shape index (κ3) is 2.50. The molecule has 2 N–H and O–H groups in total. The van der Waals surface area contributed by atoms with Gasteiger partial charge in [0.05, 0.1) is 0 Å². The smallest absolute Gasteiger partial charge is 0.325 e. The van der Waals surface area contributed by atoms with E-state index in [2.05, 4.69) is 10.6 Å². The Balaban J connectivity index is 1.65. The zero-order valence-corrected chi connectivity index (χ0v) is 12.5. The summed E-state index contributed by atoms with van der Waals surface area (Å²) < 4.78 is 0. The van der Waals surface area contributed by atoms with Crippen molar-refractivity contribution >= 4 is 17.8 Å². The molecule has 2 saturated heterocycles. The number of nitrogens with one attached hydrogen (secondary N) is 2. The molecule has 2 heterocycles. The van der Waals surface area contributed by atoms with Crippen LogP contribution in [0.4, 0.5) is 4.79 Å². The number of rotatable bonds is 3. The second-order valence-corrected chi connectivity index (χ2v) is 6.49. The number of carbonyl (C=O) groups is 3. The summed E-state index contributed by atoms with van der Waals surface area (Å²) in [4.78, 5) is 39.6. The van der Waals surface area contributed by atoms with E-state index in [0.29, 0.717) is 13.1 Å². The summed E-state index contributed by atoms with van der Waals surface area (Å²) in [5, 5.41) is 6.02. The van der Waals surface area contributed by atoms with E-state index in [9.17, 15) is 14.4 Å². The Morgan fingerprint density at radius 2 is 2.10 bits per heavy atom. The summed E-state index contributed by atoms with van der Waals surface area (Å²) in [6, 6.07) is -0.200. The van der Waals surface area contributed by atoms with Gasteiger partial charge in [-0.2, -0.15) is 0 Å². The lowest BCUT2D eigenvalue weighted by Gasteiger charge is -2.32. The molecule has 4 amide bonds. The highest BCUT2D eigenvalue weighted by molar-refractivity contribution is 6.09. The average Bonchev–Trinajstić information content (AvgIpc) is 3.25. The summed E-state index contributed by atoms with van der Waals surface area (Å²) in [7, 11) is 0. The van der Waals surface area contributed by atoms with Crippen molar-refractivity contribution < 1.29 is 14.4 Å². The SMILES string of the molecule is CC1CN(C(=O)CN2C(=O)NC(C)(C3CC3)C2=O)CCN1. The molecule has 0 spiro atoms. The number of imide groups is 1. The van der Waals surface area contributed by atoms with E-state index in [-0.39, 0.29) is 30.3 Å². The Bertz CT molecular complexity index is 491. The maximum atomic E-state index is 12.5. The van der Waals surface area contributed by atoms with Crippen LogP contribution < -0.4 is 10.6 Å². The second-order valence-electron chi connectivity index (χ2n) is 6.49. The standard InChI is InChI=1S/C14H22N4O3/c1-9-7-17(6-5-15-9)11(19)8-18-12(20)14(2,10-3-4-10)16-13(18)21/h9-10,15H,3-8H2,1-2H3,(H,16,21). The fraction of sp³-hybridized carbons (Fsp3) is 0.786. The summed E-state index contributed by atoms with van der Waals surface area (Å²) in [5.41, 5.74) is -0.811. The number of hydrogen-bond donors (Lipinski definition) is 2. The highest BCUT2D eigenvalue weighted by Gasteiger charge is 2.56. The maximum absolute atomic E-state index is 12.5. The minimum absolute atomic E-state index is 0.153. The third-order valence-electron chi connectivity index (χ3n) is 4.71. The molecule has 3 rings (SSSR count). The quantitative estimate of drug-likeness (QED) is 0.689. The first-order valence-corrected chi connectivity index (χ1v) is 7.57. The van der Waals surface area contributed by atoms with Crippen LogP contribution in [0, 0.1) is 5.92 Å². The minimum Gasteiger partial charge on any atom is -0.338 e. The van der Waals surface area contributed by atoms with Gasteiger partial charge in [-0.15, -0.1) is 0 Å². The van der Waals surface area contributed by atoms with Crippen LogP contribution in [0.25, 0.3) is 0 Å². The average molecular weight is 294 g/mol. The summed E-state index contributed by atoms with van der Waals surface area (Å²) >= 11 is 0. The number of nitrogens with zero attached hydrogens (tertiary/aromatic N) is 2. The van der Waals surface area contributed by atoms with E-state index in [1.165, 1.54) is 0 Å². The summed E-state index contributed by atoms with van der Waals surface area (Å²) in [5.74, 6) is -0.202. The third-order valence-corrected chi connectivity index (χ3v) is 4.71. The summed E-state index contributed by atoms with van der Waals surface area (Å²) in [6.45, 7) is 5.60. The Labute approximate surface area is 124 Å². The molecule has 2 aliphatic heterocycles. The topological polar surface area (TPSA) is 81.8 Å². The molecule has 2 unspecified atom stereocenters. The van der Waals surface area contributed by atoms with Gasteiger partial charge in [0.25, 0.3) is 5.91 Å². The van der Waals surface area contributed by atoms with Gasteiger partial charge in [0.1, 0.15) is 12.1 Å². The molecule has 3 fully saturated rings. The van der Waals surface area contributed by atoms with Gasteiger partial charge in [-0.1, -0.05) is 0 Å². The van der Waals surface area contributed by atoms with Crippen molar-refractivity contribution in [1.29, 1.82) is 0 Å². The van der Waals surface area contributed by atoms with Gasteiger partial charge in [-0.05, 0) is 32.6 Å². The van der Waals surface area contributed by atoms with E-state index in [1.54, 1.807) is 11.8 Å². The number of amides is 4. The highest BCUT2D eigenvalue weighted by Crippen LogP contribution is 2.42. The van der Waals surface area contributed by atoms with E-state index in [1.807, 2.05) is 6.92 Å². The molecule has 116 valence electrons. The van der Waals surface area contributed by atoms with E-state index in [0.717, 1.165) is 24.3 Å². The molecule has 21 heavy (non-hydrogen) atoms. The first-order valence-electron chi connectivity index (χ1n) is 7.57. The van der Waals surface area contributed by atoms with Gasteiger partial charge in [-0.25, -0.2) is 4.79 Å². The fourth-order valence-corrected chi connectivity index (χ4v) is 3.19. The monoisotopic (exact) mass is 294 g/mol. The molecule has 0 aromatic rings. The van der Waals surface area contributed by atoms with Crippen molar-refractivity contribution in [2.24, 2.45) is 5.92 Å². The van der Waals surface area contributed by atoms with Crippen molar-refractivity contribution in [3.8, 4) is 0 Å². The van der Waals surface area contributed by atoms with Gasteiger partial charge in [0.15, 0.2) is 0 Å². The van der Waals surface area contributed by atoms with Crippen molar-refractivity contribution in [2.75, 3.05) is 26.2 Å². The maximum Gasteiger partial charge on any atom is 0.325 e. The zero-order chi connectivity index (χ0) is 15.2. The highest BCUT2D eigenvalue weighted by atomic mass is 16.2. The van der Waals surface area contributed by atoms with Crippen molar-refractivity contribution in [2.45, 2.75) is 38.3 Å². The van der Waals surface area contributed by atoms with Crippen LogP contribution in [-0.4, -0.2) is 65.4 Å². The van der Waals surface area contributed by atoms with Crippen molar-refractivity contribution in [3.63, 3.8) is 0 Å². The van der Waals surface area contributed by atoms with Crippen molar-refractivity contribution in [3.05, 3.63) is 0 Å². The molecule has 3 aliphatic rings.